The highest BCUT2D eigenvalue weighted by Gasteiger charge is 2.47. The molecule has 0 amide bonds. The first-order valence-corrected chi connectivity index (χ1v) is 3.41. The number of aliphatic hydroxyl groups excluding tert-OH is 1. The molecule has 11 heavy (non-hydrogen) atoms. The largest absolute Gasteiger partial charge is 0.504 e. The SMILES string of the molecule is O=C1C(O)=CC2C[C@@H]2C1=NO. The van der Waals surface area contributed by atoms with E-state index >= 15 is 0 Å². The Kier molecular flexibility index (Phi) is 1.07. The number of allylic oxidation sites excluding steroid dienone is 2. The van der Waals surface area contributed by atoms with Gasteiger partial charge in [-0.3, -0.25) is 4.79 Å². The number of carbonyl (C=O) groups excluding carboxylic acids is 1. The summed E-state index contributed by atoms with van der Waals surface area (Å²) in [6, 6.07) is 0. The molecular formula is C7H7NO3. The number of fused-ring (bicyclic) bond motifs is 1. The highest BCUT2D eigenvalue weighted by Crippen LogP contribution is 2.44. The maximum absolute atomic E-state index is 11.0. The Morgan fingerprint density at radius 2 is 2.36 bits per heavy atom. The van der Waals surface area contributed by atoms with Crippen molar-refractivity contribution in [1.82, 2.24) is 0 Å². The Balaban J connectivity index is 2.40. The van der Waals surface area contributed by atoms with Crippen LogP contribution in [0.5, 0.6) is 0 Å². The van der Waals surface area contributed by atoms with E-state index in [0.29, 0.717) is 0 Å². The summed E-state index contributed by atoms with van der Waals surface area (Å²) in [5, 5.41) is 20.3. The Hall–Kier alpha value is -1.32. The molecule has 2 N–H and O–H groups in total. The molecule has 0 aromatic heterocycles. The Labute approximate surface area is 62.8 Å². The quantitative estimate of drug-likeness (QED) is 0.392. The van der Waals surface area contributed by atoms with E-state index in [-0.39, 0.29) is 23.3 Å². The van der Waals surface area contributed by atoms with Crippen LogP contribution in [0.2, 0.25) is 0 Å². The van der Waals surface area contributed by atoms with E-state index < -0.39 is 5.78 Å². The van der Waals surface area contributed by atoms with Gasteiger partial charge in [0, 0.05) is 5.92 Å². The summed E-state index contributed by atoms with van der Waals surface area (Å²) in [4.78, 5) is 11.0. The van der Waals surface area contributed by atoms with Crippen molar-refractivity contribution in [2.75, 3.05) is 0 Å². The lowest BCUT2D eigenvalue weighted by atomic mass is 10.0. The summed E-state index contributed by atoms with van der Waals surface area (Å²) >= 11 is 0. The van der Waals surface area contributed by atoms with Crippen LogP contribution in [-0.2, 0) is 4.79 Å². The molecule has 0 saturated heterocycles. The Bertz CT molecular complexity index is 279. The molecule has 0 aromatic rings. The van der Waals surface area contributed by atoms with E-state index in [1.165, 1.54) is 6.08 Å². The van der Waals surface area contributed by atoms with Crippen molar-refractivity contribution in [3.05, 3.63) is 11.8 Å². The number of ketones is 1. The molecule has 2 rings (SSSR count). The van der Waals surface area contributed by atoms with Gasteiger partial charge in [-0.1, -0.05) is 5.16 Å². The number of carbonyl (C=O) groups is 1. The van der Waals surface area contributed by atoms with Crippen molar-refractivity contribution < 1.29 is 15.1 Å². The fourth-order valence-corrected chi connectivity index (χ4v) is 1.41. The molecule has 0 aliphatic heterocycles. The number of Topliss-reactive ketones (excluding diaryl/α,β-unsaturated/α-hetero) is 1. The molecule has 0 heterocycles. The van der Waals surface area contributed by atoms with Gasteiger partial charge in [-0.25, -0.2) is 0 Å². The molecule has 2 aliphatic carbocycles. The second kappa shape index (κ2) is 1.84. The molecule has 0 aromatic carbocycles. The topological polar surface area (TPSA) is 69.9 Å². The third-order valence-electron chi connectivity index (χ3n) is 2.14. The van der Waals surface area contributed by atoms with Gasteiger partial charge in [0.15, 0.2) is 5.76 Å². The minimum absolute atomic E-state index is 0.0587. The lowest BCUT2D eigenvalue weighted by Crippen LogP contribution is -2.22. The standard InChI is InChI=1S/C7H7NO3/c9-5-2-3-1-4(3)6(8-11)7(5)10/h2-4,9,11H,1H2/t3?,4-/m0/s1. The second-order valence-electron chi connectivity index (χ2n) is 2.87. The Morgan fingerprint density at radius 3 is 3.00 bits per heavy atom. The summed E-state index contributed by atoms with van der Waals surface area (Å²) in [6.07, 6.45) is 2.34. The van der Waals surface area contributed by atoms with Crippen LogP contribution in [0.1, 0.15) is 6.42 Å². The van der Waals surface area contributed by atoms with Crippen LogP contribution >= 0.6 is 0 Å². The van der Waals surface area contributed by atoms with Crippen molar-refractivity contribution in [1.29, 1.82) is 0 Å². The van der Waals surface area contributed by atoms with Gasteiger partial charge in [0.25, 0.3) is 0 Å². The molecule has 0 radical (unpaired) electrons. The molecule has 58 valence electrons. The molecule has 4 heteroatoms. The Morgan fingerprint density at radius 1 is 1.64 bits per heavy atom. The fraction of sp³-hybridized carbons (Fsp3) is 0.429. The van der Waals surface area contributed by atoms with Crippen LogP contribution in [0.3, 0.4) is 0 Å². The number of nitrogens with zero attached hydrogens (tertiary/aromatic N) is 1. The maximum atomic E-state index is 11.0. The van der Waals surface area contributed by atoms with Crippen molar-refractivity contribution in [2.45, 2.75) is 6.42 Å². The van der Waals surface area contributed by atoms with Gasteiger partial charge in [0.05, 0.1) is 0 Å². The first-order valence-electron chi connectivity index (χ1n) is 3.41. The lowest BCUT2D eigenvalue weighted by Gasteiger charge is -2.05. The normalized spacial score (nSPS) is 38.4. The number of oxime groups is 1. The van der Waals surface area contributed by atoms with Crippen LogP contribution < -0.4 is 0 Å². The molecule has 1 unspecified atom stereocenters. The fourth-order valence-electron chi connectivity index (χ4n) is 1.41. The van der Waals surface area contributed by atoms with E-state index in [1.807, 2.05) is 0 Å². The summed E-state index contributed by atoms with van der Waals surface area (Å²) in [6.45, 7) is 0. The maximum Gasteiger partial charge on any atom is 0.244 e. The van der Waals surface area contributed by atoms with Gasteiger partial charge >= 0.3 is 0 Å². The van der Waals surface area contributed by atoms with Crippen LogP contribution in [-0.4, -0.2) is 21.8 Å². The minimum atomic E-state index is -0.536. The average Bonchev–Trinajstić information content (AvgIpc) is 2.69. The predicted molar refractivity (Wildman–Crippen MR) is 36.5 cm³/mol. The van der Waals surface area contributed by atoms with Gasteiger partial charge < -0.3 is 10.3 Å². The highest BCUT2D eigenvalue weighted by atomic mass is 16.4. The van der Waals surface area contributed by atoms with Crippen LogP contribution in [0.15, 0.2) is 17.0 Å². The van der Waals surface area contributed by atoms with E-state index in [1.54, 1.807) is 0 Å². The predicted octanol–water partition coefficient (Wildman–Crippen LogP) is 0.477. The summed E-state index contributed by atoms with van der Waals surface area (Å²) in [5.41, 5.74) is 0.106. The van der Waals surface area contributed by atoms with E-state index in [0.717, 1.165) is 6.42 Å². The molecular weight excluding hydrogens is 146 g/mol. The van der Waals surface area contributed by atoms with Gasteiger partial charge in [-0.2, -0.15) is 0 Å². The smallest absolute Gasteiger partial charge is 0.244 e. The zero-order valence-corrected chi connectivity index (χ0v) is 5.69. The molecule has 2 atom stereocenters. The monoisotopic (exact) mass is 153 g/mol. The van der Waals surface area contributed by atoms with Crippen molar-refractivity contribution in [3.8, 4) is 0 Å². The second-order valence-corrected chi connectivity index (χ2v) is 2.87. The van der Waals surface area contributed by atoms with Crippen molar-refractivity contribution in [3.63, 3.8) is 0 Å². The number of aliphatic hydroxyl groups is 1. The highest BCUT2D eigenvalue weighted by molar-refractivity contribution is 6.47. The molecule has 1 saturated carbocycles. The minimum Gasteiger partial charge on any atom is -0.504 e. The van der Waals surface area contributed by atoms with Crippen LogP contribution in [0.4, 0.5) is 0 Å². The summed E-state index contributed by atoms with van der Waals surface area (Å²) in [7, 11) is 0. The van der Waals surface area contributed by atoms with Crippen LogP contribution in [0.25, 0.3) is 0 Å². The first-order chi connectivity index (χ1) is 5.24. The zero-order chi connectivity index (χ0) is 8.01. The van der Waals surface area contributed by atoms with Crippen LogP contribution in [0, 0.1) is 11.8 Å². The molecule has 4 nitrogen and oxygen atoms in total. The molecule has 0 bridgehead atoms. The van der Waals surface area contributed by atoms with Gasteiger partial charge in [-0.05, 0) is 18.4 Å². The number of hydrogen-bond donors (Lipinski definition) is 2. The lowest BCUT2D eigenvalue weighted by molar-refractivity contribution is -0.112. The third kappa shape index (κ3) is 0.753. The number of rotatable bonds is 0. The molecule has 0 spiro atoms. The molecule has 1 fully saturated rings. The van der Waals surface area contributed by atoms with E-state index in [9.17, 15) is 4.79 Å². The number of hydrogen-bond acceptors (Lipinski definition) is 4. The summed E-state index contributed by atoms with van der Waals surface area (Å²) in [5.74, 6) is -0.537. The van der Waals surface area contributed by atoms with E-state index in [2.05, 4.69) is 5.16 Å². The average molecular weight is 153 g/mol. The van der Waals surface area contributed by atoms with Gasteiger partial charge in [0.1, 0.15) is 5.71 Å². The van der Waals surface area contributed by atoms with Crippen molar-refractivity contribution >= 4 is 11.5 Å². The third-order valence-corrected chi connectivity index (χ3v) is 2.14. The molecule has 2 aliphatic rings. The summed E-state index contributed by atoms with van der Waals surface area (Å²) < 4.78 is 0. The zero-order valence-electron chi connectivity index (χ0n) is 5.69. The van der Waals surface area contributed by atoms with Gasteiger partial charge in [0.2, 0.25) is 5.78 Å². The van der Waals surface area contributed by atoms with Crippen molar-refractivity contribution in [2.24, 2.45) is 17.0 Å². The van der Waals surface area contributed by atoms with E-state index in [4.69, 9.17) is 10.3 Å². The van der Waals surface area contributed by atoms with Gasteiger partial charge in [-0.15, -0.1) is 0 Å². The first kappa shape index (κ1) is 6.39.